The van der Waals surface area contributed by atoms with Crippen LogP contribution in [0.25, 0.3) is 0 Å². The molecule has 0 aromatic carbocycles. The molecule has 0 radical (unpaired) electrons. The molecule has 1 N–H and O–H groups in total. The van der Waals surface area contributed by atoms with Gasteiger partial charge in [-0.25, -0.2) is 0 Å². The topological polar surface area (TPSA) is 12.0 Å². The van der Waals surface area contributed by atoms with Gasteiger partial charge < -0.3 is 5.32 Å². The van der Waals surface area contributed by atoms with Gasteiger partial charge in [-0.15, -0.1) is 0 Å². The quantitative estimate of drug-likeness (QED) is 0.699. The van der Waals surface area contributed by atoms with E-state index in [4.69, 9.17) is 0 Å². The van der Waals surface area contributed by atoms with Crippen molar-refractivity contribution in [3.63, 3.8) is 0 Å². The van der Waals surface area contributed by atoms with Gasteiger partial charge >= 0.3 is 0 Å². The van der Waals surface area contributed by atoms with E-state index >= 15 is 0 Å². The molecule has 15 heavy (non-hydrogen) atoms. The number of hydrogen-bond donors (Lipinski definition) is 1. The van der Waals surface area contributed by atoms with E-state index in [0.717, 1.165) is 17.9 Å². The molecule has 90 valence electrons. The summed E-state index contributed by atoms with van der Waals surface area (Å²) in [5.41, 5.74) is 0. The lowest BCUT2D eigenvalue weighted by Gasteiger charge is -2.35. The van der Waals surface area contributed by atoms with Gasteiger partial charge in [0, 0.05) is 6.04 Å². The van der Waals surface area contributed by atoms with E-state index in [1.54, 1.807) is 0 Å². The van der Waals surface area contributed by atoms with E-state index < -0.39 is 0 Å². The number of thioether (sulfide) groups is 1. The Morgan fingerprint density at radius 3 is 2.80 bits per heavy atom. The largest absolute Gasteiger partial charge is 0.314 e. The molecule has 0 spiro atoms. The maximum Gasteiger partial charge on any atom is 0.00954 e. The van der Waals surface area contributed by atoms with E-state index in [0.29, 0.717) is 0 Å². The number of nitrogens with one attached hydrogen (secondary N) is 1. The van der Waals surface area contributed by atoms with Crippen molar-refractivity contribution in [1.29, 1.82) is 0 Å². The van der Waals surface area contributed by atoms with Crippen LogP contribution < -0.4 is 5.32 Å². The Bertz CT molecular complexity index is 161. The van der Waals surface area contributed by atoms with E-state index in [-0.39, 0.29) is 0 Å². The van der Waals surface area contributed by atoms with Gasteiger partial charge in [-0.1, -0.05) is 20.3 Å². The van der Waals surface area contributed by atoms with Gasteiger partial charge in [0.1, 0.15) is 0 Å². The molecule has 1 aliphatic carbocycles. The third-order valence-corrected chi connectivity index (χ3v) is 4.40. The van der Waals surface area contributed by atoms with Crippen molar-refractivity contribution >= 4 is 11.8 Å². The molecule has 0 bridgehead atoms. The van der Waals surface area contributed by atoms with Crippen LogP contribution in [0.5, 0.6) is 0 Å². The first-order valence-electron chi connectivity index (χ1n) is 6.50. The Morgan fingerprint density at radius 1 is 1.33 bits per heavy atom. The average Bonchev–Trinajstić information content (AvgIpc) is 2.26. The molecular formula is C13H27NS. The van der Waals surface area contributed by atoms with Crippen LogP contribution in [0.4, 0.5) is 0 Å². The zero-order chi connectivity index (χ0) is 11.1. The fourth-order valence-corrected chi connectivity index (χ4v) is 3.16. The Hall–Kier alpha value is 0.310. The number of hydrogen-bond acceptors (Lipinski definition) is 2. The predicted molar refractivity (Wildman–Crippen MR) is 71.6 cm³/mol. The monoisotopic (exact) mass is 229 g/mol. The van der Waals surface area contributed by atoms with E-state index in [1.807, 2.05) is 11.8 Å². The summed E-state index contributed by atoms with van der Waals surface area (Å²) in [5, 5.41) is 3.76. The fraction of sp³-hybridized carbons (Fsp3) is 1.00. The highest BCUT2D eigenvalue weighted by Gasteiger charge is 2.26. The van der Waals surface area contributed by atoms with Crippen molar-refractivity contribution < 1.29 is 0 Å². The molecule has 0 saturated heterocycles. The van der Waals surface area contributed by atoms with Gasteiger partial charge in [-0.3, -0.25) is 0 Å². The number of rotatable bonds is 6. The highest BCUT2D eigenvalue weighted by Crippen LogP contribution is 2.30. The van der Waals surface area contributed by atoms with E-state index in [2.05, 4.69) is 25.4 Å². The second-order valence-corrected chi connectivity index (χ2v) is 5.98. The molecule has 2 heteroatoms. The minimum Gasteiger partial charge on any atom is -0.314 e. The zero-order valence-corrected chi connectivity index (χ0v) is 11.4. The fourth-order valence-electron chi connectivity index (χ4n) is 2.72. The van der Waals surface area contributed by atoms with E-state index in [9.17, 15) is 0 Å². The molecule has 3 unspecified atom stereocenters. The van der Waals surface area contributed by atoms with Gasteiger partial charge in [-0.2, -0.15) is 11.8 Å². The molecule has 0 heterocycles. The van der Waals surface area contributed by atoms with Crippen LogP contribution in [0.2, 0.25) is 0 Å². The first-order chi connectivity index (χ1) is 7.27. The van der Waals surface area contributed by atoms with Crippen LogP contribution in [0.15, 0.2) is 0 Å². The Balaban J connectivity index is 2.20. The third kappa shape index (κ3) is 4.78. The predicted octanol–water partition coefficient (Wildman–Crippen LogP) is 3.54. The van der Waals surface area contributed by atoms with Crippen LogP contribution in [0, 0.1) is 11.8 Å². The lowest BCUT2D eigenvalue weighted by Crippen LogP contribution is -2.40. The van der Waals surface area contributed by atoms with Gasteiger partial charge in [0.15, 0.2) is 0 Å². The maximum atomic E-state index is 3.76. The normalized spacial score (nSPS) is 31.8. The van der Waals surface area contributed by atoms with Crippen LogP contribution in [-0.4, -0.2) is 24.6 Å². The van der Waals surface area contributed by atoms with Crippen molar-refractivity contribution in [3.8, 4) is 0 Å². The minimum absolute atomic E-state index is 0.813. The third-order valence-electron chi connectivity index (χ3n) is 3.70. The summed E-state index contributed by atoms with van der Waals surface area (Å²) < 4.78 is 0. The smallest absolute Gasteiger partial charge is 0.00954 e. The summed E-state index contributed by atoms with van der Waals surface area (Å²) in [7, 11) is 0. The lowest BCUT2D eigenvalue weighted by atomic mass is 9.77. The second kappa shape index (κ2) is 7.56. The molecule has 1 fully saturated rings. The van der Waals surface area contributed by atoms with Crippen LogP contribution >= 0.6 is 11.8 Å². The van der Waals surface area contributed by atoms with Gasteiger partial charge in [0.2, 0.25) is 0 Å². The molecule has 0 aromatic rings. The standard InChI is InChI=1S/C13H27NS/c1-4-12-10-11(2)6-7-13(12)14-8-5-9-15-3/h11-14H,4-10H2,1-3H3. The van der Waals surface area contributed by atoms with Crippen molar-refractivity contribution in [1.82, 2.24) is 5.32 Å². The van der Waals surface area contributed by atoms with E-state index in [1.165, 1.54) is 44.4 Å². The van der Waals surface area contributed by atoms with Gasteiger partial charge in [0.05, 0.1) is 0 Å². The Morgan fingerprint density at radius 2 is 2.13 bits per heavy atom. The molecule has 0 amide bonds. The maximum absolute atomic E-state index is 3.76. The van der Waals surface area contributed by atoms with Crippen LogP contribution in [0.1, 0.15) is 46.0 Å². The summed E-state index contributed by atoms with van der Waals surface area (Å²) >= 11 is 1.96. The van der Waals surface area contributed by atoms with Crippen molar-refractivity contribution in [2.24, 2.45) is 11.8 Å². The summed E-state index contributed by atoms with van der Waals surface area (Å²) in [6.07, 6.45) is 9.14. The molecule has 3 atom stereocenters. The molecular weight excluding hydrogens is 202 g/mol. The van der Waals surface area contributed by atoms with Crippen LogP contribution in [-0.2, 0) is 0 Å². The summed E-state index contributed by atoms with van der Waals surface area (Å²) in [6.45, 7) is 5.97. The molecule has 0 aromatic heterocycles. The average molecular weight is 229 g/mol. The molecule has 1 saturated carbocycles. The molecule has 1 nitrogen and oxygen atoms in total. The highest BCUT2D eigenvalue weighted by atomic mass is 32.2. The first kappa shape index (κ1) is 13.4. The van der Waals surface area contributed by atoms with Gasteiger partial charge in [-0.05, 0) is 56.1 Å². The minimum atomic E-state index is 0.813. The first-order valence-corrected chi connectivity index (χ1v) is 7.89. The second-order valence-electron chi connectivity index (χ2n) is 4.99. The van der Waals surface area contributed by atoms with Crippen molar-refractivity contribution in [2.75, 3.05) is 18.6 Å². The van der Waals surface area contributed by atoms with Crippen LogP contribution in [0.3, 0.4) is 0 Å². The Kier molecular flexibility index (Phi) is 6.74. The highest BCUT2D eigenvalue weighted by molar-refractivity contribution is 7.98. The van der Waals surface area contributed by atoms with Gasteiger partial charge in [0.25, 0.3) is 0 Å². The molecule has 1 aliphatic rings. The summed E-state index contributed by atoms with van der Waals surface area (Å²) in [4.78, 5) is 0. The molecule has 0 aliphatic heterocycles. The van der Waals surface area contributed by atoms with Crippen molar-refractivity contribution in [2.45, 2.75) is 52.0 Å². The lowest BCUT2D eigenvalue weighted by molar-refractivity contribution is 0.208. The molecule has 1 rings (SSSR count). The van der Waals surface area contributed by atoms with Crippen molar-refractivity contribution in [3.05, 3.63) is 0 Å². The zero-order valence-electron chi connectivity index (χ0n) is 10.6. The SMILES string of the molecule is CCC1CC(C)CCC1NCCCSC. The summed E-state index contributed by atoms with van der Waals surface area (Å²) in [6, 6.07) is 0.813. The summed E-state index contributed by atoms with van der Waals surface area (Å²) in [5.74, 6) is 3.19. The Labute approximate surface area is 99.8 Å².